The second-order valence-electron chi connectivity index (χ2n) is 8.36. The first kappa shape index (κ1) is 19.5. The number of fused-ring (bicyclic) bond motifs is 1. The van der Waals surface area contributed by atoms with E-state index in [2.05, 4.69) is 22.2 Å². The monoisotopic (exact) mass is 404 g/mol. The topological polar surface area (TPSA) is 55.9 Å². The summed E-state index contributed by atoms with van der Waals surface area (Å²) in [4.78, 5) is 32.5. The van der Waals surface area contributed by atoms with Crippen molar-refractivity contribution in [2.75, 3.05) is 45.1 Å². The first-order valence-corrected chi connectivity index (χ1v) is 10.7. The van der Waals surface area contributed by atoms with Crippen LogP contribution in [0.2, 0.25) is 5.02 Å². The van der Waals surface area contributed by atoms with Gasteiger partial charge in [0.2, 0.25) is 5.91 Å². The van der Waals surface area contributed by atoms with E-state index in [4.69, 9.17) is 11.6 Å². The maximum absolute atomic E-state index is 13.5. The lowest BCUT2D eigenvalue weighted by atomic mass is 9.75. The van der Waals surface area contributed by atoms with Crippen molar-refractivity contribution in [1.29, 1.82) is 0 Å². The minimum Gasteiger partial charge on any atom is -0.342 e. The van der Waals surface area contributed by atoms with Crippen LogP contribution in [0.4, 0.5) is 10.5 Å². The third-order valence-corrected chi connectivity index (χ3v) is 7.03. The molecule has 2 atom stereocenters. The number of carbonyl (C=O) groups excluding carboxylic acids is 2. The van der Waals surface area contributed by atoms with E-state index in [0.29, 0.717) is 24.0 Å². The second-order valence-corrected chi connectivity index (χ2v) is 8.80. The van der Waals surface area contributed by atoms with Gasteiger partial charge in [-0.3, -0.25) is 4.79 Å². The van der Waals surface area contributed by atoms with Gasteiger partial charge in [-0.2, -0.15) is 0 Å². The van der Waals surface area contributed by atoms with Gasteiger partial charge in [0, 0.05) is 42.9 Å². The fourth-order valence-electron chi connectivity index (χ4n) is 5.16. The summed E-state index contributed by atoms with van der Waals surface area (Å²) in [5.74, 6) is 0.319. The van der Waals surface area contributed by atoms with Gasteiger partial charge in [0.05, 0.1) is 5.41 Å². The quantitative estimate of drug-likeness (QED) is 0.822. The average molecular weight is 405 g/mol. The standard InChI is InChI=1S/C21H29ClN4O2/c1-24-14-9-21(19(27)25-11-2-3-12-25)10-15-26(13-8-18(21)24)20(28)23-17-6-4-16(22)5-7-17/h4-7,18H,2-3,8-15H2,1H3,(H,23,28)/t18-,21-/m1/s1. The fourth-order valence-corrected chi connectivity index (χ4v) is 5.29. The molecule has 0 unspecified atom stereocenters. The number of hydrogen-bond acceptors (Lipinski definition) is 3. The normalized spacial score (nSPS) is 28.1. The number of anilines is 1. The van der Waals surface area contributed by atoms with Crippen molar-refractivity contribution >= 4 is 29.2 Å². The predicted octanol–water partition coefficient (Wildman–Crippen LogP) is 3.28. The zero-order valence-corrected chi connectivity index (χ0v) is 17.2. The van der Waals surface area contributed by atoms with Crippen LogP contribution >= 0.6 is 11.6 Å². The predicted molar refractivity (Wildman–Crippen MR) is 111 cm³/mol. The summed E-state index contributed by atoms with van der Waals surface area (Å²) >= 11 is 5.92. The molecule has 3 amide bonds. The molecule has 3 aliphatic rings. The fraction of sp³-hybridized carbons (Fsp3) is 0.619. The zero-order valence-electron chi connectivity index (χ0n) is 16.5. The molecule has 3 saturated heterocycles. The molecular formula is C21H29ClN4O2. The summed E-state index contributed by atoms with van der Waals surface area (Å²) in [6.07, 6.45) is 4.70. The van der Waals surface area contributed by atoms with E-state index in [9.17, 15) is 9.59 Å². The summed E-state index contributed by atoms with van der Waals surface area (Å²) in [5, 5.41) is 3.60. The number of rotatable bonds is 2. The van der Waals surface area contributed by atoms with E-state index in [1.54, 1.807) is 24.3 Å². The van der Waals surface area contributed by atoms with Gasteiger partial charge in [-0.1, -0.05) is 11.6 Å². The molecule has 0 radical (unpaired) electrons. The maximum Gasteiger partial charge on any atom is 0.321 e. The molecule has 0 aromatic heterocycles. The summed E-state index contributed by atoms with van der Waals surface area (Å²) < 4.78 is 0. The molecule has 3 aliphatic heterocycles. The van der Waals surface area contributed by atoms with E-state index in [0.717, 1.165) is 57.4 Å². The van der Waals surface area contributed by atoms with Crippen LogP contribution in [-0.2, 0) is 4.79 Å². The van der Waals surface area contributed by atoms with Crippen molar-refractivity contribution in [2.45, 2.75) is 38.1 Å². The van der Waals surface area contributed by atoms with E-state index in [1.165, 1.54) is 0 Å². The van der Waals surface area contributed by atoms with E-state index in [-0.39, 0.29) is 17.5 Å². The molecule has 0 bridgehead atoms. The van der Waals surface area contributed by atoms with Gasteiger partial charge in [-0.15, -0.1) is 0 Å². The largest absolute Gasteiger partial charge is 0.342 e. The Morgan fingerprint density at radius 1 is 1.00 bits per heavy atom. The van der Waals surface area contributed by atoms with Crippen molar-refractivity contribution in [3.05, 3.63) is 29.3 Å². The minimum atomic E-state index is -0.339. The first-order valence-electron chi connectivity index (χ1n) is 10.3. The average Bonchev–Trinajstić information content (AvgIpc) is 3.28. The number of likely N-dealkylation sites (tertiary alicyclic amines) is 3. The number of amides is 3. The lowest BCUT2D eigenvalue weighted by Gasteiger charge is -2.37. The molecule has 3 heterocycles. The summed E-state index contributed by atoms with van der Waals surface area (Å²) in [6, 6.07) is 7.26. The van der Waals surface area contributed by atoms with E-state index < -0.39 is 0 Å². The van der Waals surface area contributed by atoms with Gasteiger partial charge in [0.25, 0.3) is 0 Å². The number of urea groups is 1. The van der Waals surface area contributed by atoms with Crippen LogP contribution in [0.3, 0.4) is 0 Å². The van der Waals surface area contributed by atoms with Gasteiger partial charge in [-0.25, -0.2) is 4.79 Å². The molecule has 0 saturated carbocycles. The lowest BCUT2D eigenvalue weighted by molar-refractivity contribution is -0.142. The molecule has 1 aromatic rings. The van der Waals surface area contributed by atoms with Crippen molar-refractivity contribution in [3.8, 4) is 0 Å². The van der Waals surface area contributed by atoms with Gasteiger partial charge >= 0.3 is 6.03 Å². The van der Waals surface area contributed by atoms with Crippen LogP contribution in [0.25, 0.3) is 0 Å². The van der Waals surface area contributed by atoms with Gasteiger partial charge in [0.1, 0.15) is 0 Å². The molecule has 4 rings (SSSR count). The molecule has 1 N–H and O–H groups in total. The Labute approximate surface area is 171 Å². The lowest BCUT2D eigenvalue weighted by Crippen LogP contribution is -2.49. The highest BCUT2D eigenvalue weighted by Crippen LogP contribution is 2.45. The highest BCUT2D eigenvalue weighted by molar-refractivity contribution is 6.30. The van der Waals surface area contributed by atoms with Crippen molar-refractivity contribution in [2.24, 2.45) is 5.41 Å². The smallest absolute Gasteiger partial charge is 0.321 e. The van der Waals surface area contributed by atoms with Crippen LogP contribution in [0, 0.1) is 5.41 Å². The van der Waals surface area contributed by atoms with Crippen LogP contribution in [-0.4, -0.2) is 72.5 Å². The first-order chi connectivity index (χ1) is 13.5. The van der Waals surface area contributed by atoms with Crippen LogP contribution in [0.15, 0.2) is 24.3 Å². The summed E-state index contributed by atoms with van der Waals surface area (Å²) in [7, 11) is 2.12. The highest BCUT2D eigenvalue weighted by Gasteiger charge is 2.54. The number of nitrogens with one attached hydrogen (secondary N) is 1. The Bertz CT molecular complexity index is 734. The molecule has 0 aliphatic carbocycles. The third-order valence-electron chi connectivity index (χ3n) is 6.78. The van der Waals surface area contributed by atoms with Crippen molar-refractivity contribution in [1.82, 2.24) is 14.7 Å². The van der Waals surface area contributed by atoms with Gasteiger partial charge in [0.15, 0.2) is 0 Å². The number of hydrogen-bond donors (Lipinski definition) is 1. The minimum absolute atomic E-state index is 0.103. The Morgan fingerprint density at radius 3 is 2.39 bits per heavy atom. The van der Waals surface area contributed by atoms with E-state index >= 15 is 0 Å². The molecule has 3 fully saturated rings. The Hall–Kier alpha value is -1.79. The Morgan fingerprint density at radius 2 is 1.68 bits per heavy atom. The second kappa shape index (κ2) is 7.91. The van der Waals surface area contributed by atoms with E-state index in [1.807, 2.05) is 4.90 Å². The van der Waals surface area contributed by atoms with Crippen molar-refractivity contribution in [3.63, 3.8) is 0 Å². The van der Waals surface area contributed by atoms with Crippen LogP contribution < -0.4 is 5.32 Å². The molecule has 28 heavy (non-hydrogen) atoms. The molecule has 152 valence electrons. The Kier molecular flexibility index (Phi) is 5.52. The zero-order chi connectivity index (χ0) is 19.7. The highest BCUT2D eigenvalue weighted by atomic mass is 35.5. The van der Waals surface area contributed by atoms with Crippen LogP contribution in [0.1, 0.15) is 32.1 Å². The molecular weight excluding hydrogens is 376 g/mol. The molecule has 7 heteroatoms. The number of carbonyl (C=O) groups is 2. The summed E-state index contributed by atoms with van der Waals surface area (Å²) in [5.41, 5.74) is 0.396. The van der Waals surface area contributed by atoms with Gasteiger partial charge in [-0.05, 0) is 70.0 Å². The summed E-state index contributed by atoms with van der Waals surface area (Å²) in [6.45, 7) is 4.02. The molecule has 6 nitrogen and oxygen atoms in total. The number of nitrogens with zero attached hydrogens (tertiary/aromatic N) is 3. The number of benzene rings is 1. The SMILES string of the molecule is CN1CC[C@@]2(C(=O)N3CCCC3)CCN(C(=O)Nc3ccc(Cl)cc3)CC[C@@H]12. The maximum atomic E-state index is 13.5. The molecule has 0 spiro atoms. The van der Waals surface area contributed by atoms with Gasteiger partial charge < -0.3 is 20.0 Å². The Balaban J connectivity index is 1.48. The van der Waals surface area contributed by atoms with Crippen molar-refractivity contribution < 1.29 is 9.59 Å². The van der Waals surface area contributed by atoms with Crippen LogP contribution in [0.5, 0.6) is 0 Å². The molecule has 1 aromatic carbocycles. The number of halogens is 1. The third kappa shape index (κ3) is 3.60.